The number of furan rings is 1. The molecule has 0 radical (unpaired) electrons. The predicted octanol–water partition coefficient (Wildman–Crippen LogP) is 2.76. The van der Waals surface area contributed by atoms with E-state index in [1.54, 1.807) is 0 Å². The molecule has 1 aromatic heterocycles. The average molecular weight is 236 g/mol. The van der Waals surface area contributed by atoms with Gasteiger partial charge in [-0.1, -0.05) is 6.92 Å². The van der Waals surface area contributed by atoms with Crippen molar-refractivity contribution < 1.29 is 4.42 Å². The number of hydrogen-bond donors (Lipinski definition) is 1. The molecular weight excluding hydrogens is 212 g/mol. The quantitative estimate of drug-likeness (QED) is 0.852. The van der Waals surface area contributed by atoms with E-state index in [1.165, 1.54) is 24.9 Å². The van der Waals surface area contributed by atoms with Crippen LogP contribution in [-0.2, 0) is 13.1 Å². The maximum atomic E-state index is 5.64. The predicted molar refractivity (Wildman–Crippen MR) is 69.8 cm³/mol. The van der Waals surface area contributed by atoms with Gasteiger partial charge in [0, 0.05) is 17.6 Å². The van der Waals surface area contributed by atoms with E-state index in [9.17, 15) is 0 Å². The fourth-order valence-electron chi connectivity index (χ4n) is 2.55. The minimum Gasteiger partial charge on any atom is -0.468 e. The Morgan fingerprint density at radius 2 is 2.29 bits per heavy atom. The lowest BCUT2D eigenvalue weighted by molar-refractivity contribution is 0.153. The van der Waals surface area contributed by atoms with E-state index in [2.05, 4.69) is 37.1 Å². The standard InChI is InChI=1S/C14H24N2O/c1-4-15-10-12-6-9-17-13(12)11-16-8-5-7-14(16,2)3/h6,9,15H,4-5,7-8,10-11H2,1-3H3. The van der Waals surface area contributed by atoms with Crippen molar-refractivity contribution >= 4 is 0 Å². The molecule has 0 saturated carbocycles. The zero-order valence-corrected chi connectivity index (χ0v) is 11.3. The molecule has 3 nitrogen and oxygen atoms in total. The normalized spacial score (nSPS) is 19.9. The van der Waals surface area contributed by atoms with Gasteiger partial charge < -0.3 is 9.73 Å². The summed E-state index contributed by atoms with van der Waals surface area (Å²) in [4.78, 5) is 2.53. The van der Waals surface area contributed by atoms with Crippen molar-refractivity contribution in [3.8, 4) is 0 Å². The summed E-state index contributed by atoms with van der Waals surface area (Å²) < 4.78 is 5.64. The van der Waals surface area contributed by atoms with E-state index in [4.69, 9.17) is 4.42 Å². The van der Waals surface area contributed by atoms with Crippen LogP contribution in [0.2, 0.25) is 0 Å². The van der Waals surface area contributed by atoms with Crippen molar-refractivity contribution in [1.29, 1.82) is 0 Å². The third-order valence-corrected chi connectivity index (χ3v) is 3.81. The van der Waals surface area contributed by atoms with E-state index in [0.717, 1.165) is 25.4 Å². The van der Waals surface area contributed by atoms with Crippen molar-refractivity contribution in [3.63, 3.8) is 0 Å². The lowest BCUT2D eigenvalue weighted by Crippen LogP contribution is -2.37. The van der Waals surface area contributed by atoms with Crippen LogP contribution in [0.4, 0.5) is 0 Å². The molecule has 0 spiro atoms. The number of nitrogens with one attached hydrogen (secondary N) is 1. The van der Waals surface area contributed by atoms with Crippen LogP contribution in [0.15, 0.2) is 16.7 Å². The maximum absolute atomic E-state index is 5.64. The van der Waals surface area contributed by atoms with Crippen LogP contribution in [0.5, 0.6) is 0 Å². The summed E-state index contributed by atoms with van der Waals surface area (Å²) >= 11 is 0. The first-order valence-corrected chi connectivity index (χ1v) is 6.64. The summed E-state index contributed by atoms with van der Waals surface area (Å²) in [5.41, 5.74) is 1.62. The molecule has 1 aliphatic heterocycles. The minimum absolute atomic E-state index is 0.322. The first kappa shape index (κ1) is 12.7. The van der Waals surface area contributed by atoms with E-state index in [-0.39, 0.29) is 0 Å². The monoisotopic (exact) mass is 236 g/mol. The molecule has 1 aromatic rings. The number of rotatable bonds is 5. The molecule has 0 aromatic carbocycles. The van der Waals surface area contributed by atoms with Gasteiger partial charge in [0.05, 0.1) is 12.8 Å². The molecule has 1 saturated heterocycles. The number of nitrogens with zero attached hydrogens (tertiary/aromatic N) is 1. The van der Waals surface area contributed by atoms with Gasteiger partial charge in [-0.15, -0.1) is 0 Å². The summed E-state index contributed by atoms with van der Waals surface area (Å²) in [5.74, 6) is 1.13. The van der Waals surface area contributed by atoms with Crippen molar-refractivity contribution in [2.45, 2.75) is 52.2 Å². The van der Waals surface area contributed by atoms with Gasteiger partial charge >= 0.3 is 0 Å². The third-order valence-electron chi connectivity index (χ3n) is 3.81. The second-order valence-corrected chi connectivity index (χ2v) is 5.49. The van der Waals surface area contributed by atoms with Crippen LogP contribution in [0, 0.1) is 0 Å². The Labute approximate surface area is 104 Å². The zero-order valence-electron chi connectivity index (χ0n) is 11.3. The van der Waals surface area contributed by atoms with Crippen LogP contribution in [0.25, 0.3) is 0 Å². The van der Waals surface area contributed by atoms with Crippen LogP contribution >= 0.6 is 0 Å². The molecule has 0 atom stereocenters. The van der Waals surface area contributed by atoms with Crippen molar-refractivity contribution in [3.05, 3.63) is 23.7 Å². The van der Waals surface area contributed by atoms with Crippen molar-refractivity contribution in [1.82, 2.24) is 10.2 Å². The molecule has 0 amide bonds. The van der Waals surface area contributed by atoms with E-state index in [0.29, 0.717) is 5.54 Å². The second-order valence-electron chi connectivity index (χ2n) is 5.49. The Bertz CT molecular complexity index is 357. The van der Waals surface area contributed by atoms with Gasteiger partial charge in [-0.05, 0) is 45.8 Å². The fraction of sp³-hybridized carbons (Fsp3) is 0.714. The summed E-state index contributed by atoms with van der Waals surface area (Å²) in [5, 5.41) is 3.36. The highest BCUT2D eigenvalue weighted by atomic mass is 16.3. The van der Waals surface area contributed by atoms with Gasteiger partial charge in [0.2, 0.25) is 0 Å². The molecule has 2 rings (SSSR count). The van der Waals surface area contributed by atoms with Gasteiger partial charge in [-0.2, -0.15) is 0 Å². The molecule has 0 unspecified atom stereocenters. The maximum Gasteiger partial charge on any atom is 0.122 e. The minimum atomic E-state index is 0.322. The van der Waals surface area contributed by atoms with Crippen LogP contribution in [0.1, 0.15) is 44.9 Å². The molecule has 2 heterocycles. The Morgan fingerprint density at radius 1 is 1.47 bits per heavy atom. The molecular formula is C14H24N2O. The highest BCUT2D eigenvalue weighted by Crippen LogP contribution is 2.30. The molecule has 96 valence electrons. The molecule has 0 bridgehead atoms. The van der Waals surface area contributed by atoms with Gasteiger partial charge in [0.15, 0.2) is 0 Å². The summed E-state index contributed by atoms with van der Waals surface area (Å²) in [6.07, 6.45) is 4.40. The summed E-state index contributed by atoms with van der Waals surface area (Å²) in [6, 6.07) is 2.08. The fourth-order valence-corrected chi connectivity index (χ4v) is 2.55. The van der Waals surface area contributed by atoms with Gasteiger partial charge in [-0.3, -0.25) is 4.90 Å². The zero-order chi connectivity index (χ0) is 12.3. The number of likely N-dealkylation sites (tertiary alicyclic amines) is 1. The van der Waals surface area contributed by atoms with E-state index in [1.807, 2.05) is 6.26 Å². The highest BCUT2D eigenvalue weighted by Gasteiger charge is 2.32. The number of hydrogen-bond acceptors (Lipinski definition) is 3. The SMILES string of the molecule is CCNCc1ccoc1CN1CCCC1(C)C. The molecule has 1 N–H and O–H groups in total. The molecule has 1 aliphatic rings. The van der Waals surface area contributed by atoms with Crippen molar-refractivity contribution in [2.75, 3.05) is 13.1 Å². The average Bonchev–Trinajstić information content (AvgIpc) is 2.84. The van der Waals surface area contributed by atoms with Gasteiger partial charge in [0.1, 0.15) is 5.76 Å². The molecule has 3 heteroatoms. The Hall–Kier alpha value is -0.800. The molecule has 17 heavy (non-hydrogen) atoms. The Balaban J connectivity index is 2.01. The Kier molecular flexibility index (Phi) is 3.89. The largest absolute Gasteiger partial charge is 0.468 e. The van der Waals surface area contributed by atoms with Crippen LogP contribution in [-0.4, -0.2) is 23.5 Å². The first-order chi connectivity index (χ1) is 8.13. The summed E-state index contributed by atoms with van der Waals surface area (Å²) in [7, 11) is 0. The van der Waals surface area contributed by atoms with E-state index < -0.39 is 0 Å². The molecule has 1 fully saturated rings. The second kappa shape index (κ2) is 5.23. The van der Waals surface area contributed by atoms with Gasteiger partial charge in [-0.25, -0.2) is 0 Å². The smallest absolute Gasteiger partial charge is 0.122 e. The highest BCUT2D eigenvalue weighted by molar-refractivity contribution is 5.17. The first-order valence-electron chi connectivity index (χ1n) is 6.64. The summed E-state index contributed by atoms with van der Waals surface area (Å²) in [6.45, 7) is 10.8. The third kappa shape index (κ3) is 2.90. The van der Waals surface area contributed by atoms with Crippen LogP contribution in [0.3, 0.4) is 0 Å². The molecule has 0 aliphatic carbocycles. The topological polar surface area (TPSA) is 28.4 Å². The lowest BCUT2D eigenvalue weighted by Gasteiger charge is -2.31. The van der Waals surface area contributed by atoms with Crippen molar-refractivity contribution in [2.24, 2.45) is 0 Å². The Morgan fingerprint density at radius 3 is 2.94 bits per heavy atom. The van der Waals surface area contributed by atoms with E-state index >= 15 is 0 Å². The lowest BCUT2D eigenvalue weighted by atomic mass is 10.0. The van der Waals surface area contributed by atoms with Crippen LogP contribution < -0.4 is 5.32 Å². The van der Waals surface area contributed by atoms with Gasteiger partial charge in [0.25, 0.3) is 0 Å².